The van der Waals surface area contributed by atoms with Crippen LogP contribution >= 0.6 is 27.3 Å². The van der Waals surface area contributed by atoms with Crippen LogP contribution in [0.5, 0.6) is 5.75 Å². The third kappa shape index (κ3) is 6.16. The number of amides is 1. The van der Waals surface area contributed by atoms with E-state index in [2.05, 4.69) is 59.1 Å². The molecule has 0 atom stereocenters. The van der Waals surface area contributed by atoms with E-state index in [0.29, 0.717) is 19.4 Å². The normalized spacial score (nSPS) is 11.4. The quantitative estimate of drug-likeness (QED) is 0.366. The first-order valence-corrected chi connectivity index (χ1v) is 11.6. The Bertz CT molecular complexity index is 1010. The standard InChI is InChI=1S/C24H27BrN2O2S/c1-16-26-21(15-30-16)17-7-10-19(11-8-17)27-23(28)6-5-13-29-22-12-9-18(14-20(22)25)24(2,3)4/h7-12,14-15H,5-6,13H2,1-4H3,(H,27,28). The fourth-order valence-corrected chi connectivity index (χ4v) is 4.06. The Balaban J connectivity index is 1.44. The summed E-state index contributed by atoms with van der Waals surface area (Å²) in [6.07, 6.45) is 1.06. The molecule has 0 aliphatic carbocycles. The van der Waals surface area contributed by atoms with E-state index in [1.165, 1.54) is 5.56 Å². The third-order valence-corrected chi connectivity index (χ3v) is 6.08. The van der Waals surface area contributed by atoms with Crippen LogP contribution in [-0.4, -0.2) is 17.5 Å². The maximum atomic E-state index is 12.2. The molecule has 1 aromatic heterocycles. The molecule has 0 fully saturated rings. The van der Waals surface area contributed by atoms with Crippen LogP contribution in [0.4, 0.5) is 5.69 Å². The number of halogens is 1. The number of nitrogens with zero attached hydrogens (tertiary/aromatic N) is 1. The highest BCUT2D eigenvalue weighted by Gasteiger charge is 2.15. The summed E-state index contributed by atoms with van der Waals surface area (Å²) in [5.41, 5.74) is 4.15. The van der Waals surface area contributed by atoms with E-state index >= 15 is 0 Å². The first kappa shape index (κ1) is 22.5. The third-order valence-electron chi connectivity index (χ3n) is 4.69. The highest BCUT2D eigenvalue weighted by Crippen LogP contribution is 2.31. The summed E-state index contributed by atoms with van der Waals surface area (Å²) in [6, 6.07) is 13.9. The first-order chi connectivity index (χ1) is 14.2. The predicted octanol–water partition coefficient (Wildman–Crippen LogP) is 6.98. The molecule has 0 saturated carbocycles. The molecule has 0 aliphatic rings. The molecule has 0 aliphatic heterocycles. The molecule has 3 aromatic rings. The molecule has 1 heterocycles. The fourth-order valence-electron chi connectivity index (χ4n) is 2.94. The number of carbonyl (C=O) groups is 1. The largest absolute Gasteiger partial charge is 0.492 e. The molecule has 0 radical (unpaired) electrons. The molecule has 0 spiro atoms. The summed E-state index contributed by atoms with van der Waals surface area (Å²) in [5, 5.41) is 6.02. The lowest BCUT2D eigenvalue weighted by Gasteiger charge is -2.20. The van der Waals surface area contributed by atoms with Crippen LogP contribution in [0.3, 0.4) is 0 Å². The van der Waals surface area contributed by atoms with E-state index in [9.17, 15) is 4.79 Å². The number of nitrogens with one attached hydrogen (secondary N) is 1. The summed E-state index contributed by atoms with van der Waals surface area (Å²) < 4.78 is 6.78. The van der Waals surface area contributed by atoms with Gasteiger partial charge in [-0.05, 0) is 64.5 Å². The molecule has 158 valence electrons. The SMILES string of the molecule is Cc1nc(-c2ccc(NC(=O)CCCOc3ccc(C(C)(C)C)cc3Br)cc2)cs1. The molecular formula is C24H27BrN2O2S. The average molecular weight is 487 g/mol. The number of hydrogen-bond donors (Lipinski definition) is 1. The van der Waals surface area contributed by atoms with Gasteiger partial charge in [0.15, 0.2) is 0 Å². The minimum absolute atomic E-state index is 0.0157. The van der Waals surface area contributed by atoms with Crippen molar-refractivity contribution >= 4 is 38.9 Å². The van der Waals surface area contributed by atoms with Crippen LogP contribution < -0.4 is 10.1 Å². The van der Waals surface area contributed by atoms with E-state index < -0.39 is 0 Å². The Labute approximate surface area is 190 Å². The topological polar surface area (TPSA) is 51.2 Å². The second-order valence-corrected chi connectivity index (χ2v) is 10.1. The van der Waals surface area contributed by atoms with Gasteiger partial charge in [-0.25, -0.2) is 4.98 Å². The summed E-state index contributed by atoms with van der Waals surface area (Å²) in [5.74, 6) is 0.786. The molecule has 0 saturated heterocycles. The molecule has 1 amide bonds. The van der Waals surface area contributed by atoms with Crippen molar-refractivity contribution < 1.29 is 9.53 Å². The lowest BCUT2D eigenvalue weighted by atomic mass is 9.87. The monoisotopic (exact) mass is 486 g/mol. The number of thiazole rings is 1. The Morgan fingerprint density at radius 3 is 2.50 bits per heavy atom. The van der Waals surface area contributed by atoms with E-state index in [1.807, 2.05) is 42.6 Å². The van der Waals surface area contributed by atoms with Crippen molar-refractivity contribution in [3.8, 4) is 17.0 Å². The van der Waals surface area contributed by atoms with Gasteiger partial charge in [0.2, 0.25) is 5.91 Å². The van der Waals surface area contributed by atoms with Crippen molar-refractivity contribution in [1.82, 2.24) is 4.98 Å². The highest BCUT2D eigenvalue weighted by atomic mass is 79.9. The fraction of sp³-hybridized carbons (Fsp3) is 0.333. The van der Waals surface area contributed by atoms with Crippen molar-refractivity contribution in [3.05, 3.63) is 62.9 Å². The minimum Gasteiger partial charge on any atom is -0.492 e. The molecule has 0 unspecified atom stereocenters. The van der Waals surface area contributed by atoms with Crippen LogP contribution in [0.2, 0.25) is 0 Å². The van der Waals surface area contributed by atoms with Gasteiger partial charge in [0.05, 0.1) is 21.8 Å². The molecule has 1 N–H and O–H groups in total. The number of aryl methyl sites for hydroxylation is 1. The predicted molar refractivity (Wildman–Crippen MR) is 128 cm³/mol. The first-order valence-electron chi connectivity index (χ1n) is 9.97. The second-order valence-electron chi connectivity index (χ2n) is 8.22. The van der Waals surface area contributed by atoms with Gasteiger partial charge < -0.3 is 10.1 Å². The van der Waals surface area contributed by atoms with Crippen molar-refractivity contribution in [2.45, 2.75) is 46.0 Å². The molecule has 6 heteroatoms. The van der Waals surface area contributed by atoms with Gasteiger partial charge in [-0.1, -0.05) is 39.0 Å². The number of ether oxygens (including phenoxy) is 1. The molecule has 0 bridgehead atoms. The van der Waals surface area contributed by atoms with Crippen molar-refractivity contribution in [2.24, 2.45) is 0 Å². The zero-order chi connectivity index (χ0) is 21.7. The van der Waals surface area contributed by atoms with Crippen molar-refractivity contribution in [1.29, 1.82) is 0 Å². The smallest absolute Gasteiger partial charge is 0.224 e. The maximum Gasteiger partial charge on any atom is 0.224 e. The molecule has 4 nitrogen and oxygen atoms in total. The Morgan fingerprint density at radius 2 is 1.90 bits per heavy atom. The molecule has 2 aromatic carbocycles. The van der Waals surface area contributed by atoms with Gasteiger partial charge >= 0.3 is 0 Å². The summed E-state index contributed by atoms with van der Waals surface area (Å²) in [4.78, 5) is 16.7. The van der Waals surface area contributed by atoms with Crippen molar-refractivity contribution in [2.75, 3.05) is 11.9 Å². The number of carbonyl (C=O) groups excluding carboxylic acids is 1. The Hall–Kier alpha value is -2.18. The van der Waals surface area contributed by atoms with Crippen LogP contribution in [0.25, 0.3) is 11.3 Å². The Kier molecular flexibility index (Phi) is 7.32. The van der Waals surface area contributed by atoms with E-state index in [0.717, 1.165) is 32.2 Å². The molecule has 30 heavy (non-hydrogen) atoms. The van der Waals surface area contributed by atoms with E-state index in [-0.39, 0.29) is 11.3 Å². The second kappa shape index (κ2) is 9.75. The molecular weight excluding hydrogens is 460 g/mol. The van der Waals surface area contributed by atoms with Gasteiger partial charge in [-0.3, -0.25) is 4.79 Å². The van der Waals surface area contributed by atoms with Crippen molar-refractivity contribution in [3.63, 3.8) is 0 Å². The average Bonchev–Trinajstić information content (AvgIpc) is 3.12. The van der Waals surface area contributed by atoms with Gasteiger partial charge in [0, 0.05) is 23.1 Å². The van der Waals surface area contributed by atoms with Gasteiger partial charge in [-0.2, -0.15) is 0 Å². The Morgan fingerprint density at radius 1 is 1.17 bits per heavy atom. The minimum atomic E-state index is -0.0157. The van der Waals surface area contributed by atoms with Gasteiger partial charge in [0.1, 0.15) is 5.75 Å². The summed E-state index contributed by atoms with van der Waals surface area (Å²) in [6.45, 7) is 9.03. The number of anilines is 1. The van der Waals surface area contributed by atoms with E-state index in [4.69, 9.17) is 4.74 Å². The number of aromatic nitrogens is 1. The molecule has 3 rings (SSSR count). The zero-order valence-corrected chi connectivity index (χ0v) is 20.2. The van der Waals surface area contributed by atoms with Crippen LogP contribution in [-0.2, 0) is 10.2 Å². The number of rotatable bonds is 7. The summed E-state index contributed by atoms with van der Waals surface area (Å²) >= 11 is 5.21. The van der Waals surface area contributed by atoms with Crippen LogP contribution in [0.1, 0.15) is 44.2 Å². The lowest BCUT2D eigenvalue weighted by Crippen LogP contribution is -2.13. The van der Waals surface area contributed by atoms with Crippen LogP contribution in [0.15, 0.2) is 52.3 Å². The lowest BCUT2D eigenvalue weighted by molar-refractivity contribution is -0.116. The van der Waals surface area contributed by atoms with E-state index in [1.54, 1.807) is 11.3 Å². The zero-order valence-electron chi connectivity index (χ0n) is 17.8. The summed E-state index contributed by atoms with van der Waals surface area (Å²) in [7, 11) is 0. The maximum absolute atomic E-state index is 12.2. The highest BCUT2D eigenvalue weighted by molar-refractivity contribution is 9.10. The number of benzene rings is 2. The van der Waals surface area contributed by atoms with Crippen LogP contribution in [0, 0.1) is 6.92 Å². The van der Waals surface area contributed by atoms with Gasteiger partial charge in [-0.15, -0.1) is 11.3 Å². The number of hydrogen-bond acceptors (Lipinski definition) is 4. The van der Waals surface area contributed by atoms with Gasteiger partial charge in [0.25, 0.3) is 0 Å².